The van der Waals surface area contributed by atoms with Crippen LogP contribution in [0.15, 0.2) is 24.3 Å². The number of halogens is 1. The van der Waals surface area contributed by atoms with Crippen LogP contribution < -0.4 is 0 Å². The highest BCUT2D eigenvalue weighted by molar-refractivity contribution is 5.79. The van der Waals surface area contributed by atoms with E-state index >= 15 is 0 Å². The van der Waals surface area contributed by atoms with Gasteiger partial charge in [-0.1, -0.05) is 12.1 Å². The van der Waals surface area contributed by atoms with Crippen molar-refractivity contribution in [2.45, 2.75) is 25.2 Å². The molecule has 114 valence electrons. The van der Waals surface area contributed by atoms with Crippen molar-refractivity contribution in [1.82, 2.24) is 9.80 Å². The Morgan fingerprint density at radius 2 is 2.05 bits per heavy atom. The molecule has 5 heteroatoms. The number of benzene rings is 1. The van der Waals surface area contributed by atoms with Crippen molar-refractivity contribution in [2.24, 2.45) is 5.92 Å². The van der Waals surface area contributed by atoms with Crippen LogP contribution in [-0.4, -0.2) is 55.1 Å². The molecule has 0 aliphatic carbocycles. The van der Waals surface area contributed by atoms with Gasteiger partial charge < -0.3 is 9.64 Å². The summed E-state index contributed by atoms with van der Waals surface area (Å²) in [7, 11) is 3.59. The van der Waals surface area contributed by atoms with Crippen LogP contribution in [-0.2, 0) is 16.1 Å². The van der Waals surface area contributed by atoms with E-state index < -0.39 is 0 Å². The molecule has 0 radical (unpaired) electrons. The SMILES string of the molecule is CN(C)C(=O)[C@@H]1C[C@H]2CN(Cc3ccc(F)cc3)C[C@@H]1O2. The minimum Gasteiger partial charge on any atom is -0.371 e. The fourth-order valence-corrected chi connectivity index (χ4v) is 3.31. The van der Waals surface area contributed by atoms with Gasteiger partial charge in [0.05, 0.1) is 18.1 Å². The van der Waals surface area contributed by atoms with Crippen LogP contribution in [0.4, 0.5) is 4.39 Å². The lowest BCUT2D eigenvalue weighted by Crippen LogP contribution is -2.44. The number of ether oxygens (including phenoxy) is 1. The van der Waals surface area contributed by atoms with Crippen molar-refractivity contribution in [2.75, 3.05) is 27.2 Å². The zero-order chi connectivity index (χ0) is 15.0. The monoisotopic (exact) mass is 292 g/mol. The maximum absolute atomic E-state index is 12.9. The molecule has 2 aliphatic heterocycles. The summed E-state index contributed by atoms with van der Waals surface area (Å²) in [6.45, 7) is 2.38. The Balaban J connectivity index is 1.64. The molecule has 2 heterocycles. The van der Waals surface area contributed by atoms with Gasteiger partial charge in [0.2, 0.25) is 5.91 Å². The maximum Gasteiger partial charge on any atom is 0.227 e. The molecule has 2 fully saturated rings. The zero-order valence-electron chi connectivity index (χ0n) is 12.5. The summed E-state index contributed by atoms with van der Waals surface area (Å²) in [6.07, 6.45) is 0.930. The van der Waals surface area contributed by atoms with E-state index in [0.29, 0.717) is 0 Å². The van der Waals surface area contributed by atoms with Gasteiger partial charge in [-0.15, -0.1) is 0 Å². The highest BCUT2D eigenvalue weighted by atomic mass is 19.1. The molecular formula is C16H21FN2O2. The number of carbonyl (C=O) groups is 1. The average Bonchev–Trinajstić information content (AvgIpc) is 2.75. The quantitative estimate of drug-likeness (QED) is 0.846. The predicted molar refractivity (Wildman–Crippen MR) is 77.1 cm³/mol. The lowest BCUT2D eigenvalue weighted by Gasteiger charge is -2.33. The molecule has 1 aromatic carbocycles. The van der Waals surface area contributed by atoms with Crippen molar-refractivity contribution < 1.29 is 13.9 Å². The number of amides is 1. The Kier molecular flexibility index (Phi) is 3.95. The number of fused-ring (bicyclic) bond motifs is 2. The van der Waals surface area contributed by atoms with Gasteiger partial charge in [0, 0.05) is 33.7 Å². The van der Waals surface area contributed by atoms with Crippen LogP contribution in [0.1, 0.15) is 12.0 Å². The minimum absolute atomic E-state index is 0.0147. The Hall–Kier alpha value is -1.46. The smallest absolute Gasteiger partial charge is 0.227 e. The van der Waals surface area contributed by atoms with Gasteiger partial charge in [0.25, 0.3) is 0 Å². The van der Waals surface area contributed by atoms with Crippen molar-refractivity contribution >= 4 is 5.91 Å². The van der Waals surface area contributed by atoms with Gasteiger partial charge in [-0.2, -0.15) is 0 Å². The summed E-state index contributed by atoms with van der Waals surface area (Å²) in [5, 5.41) is 0. The Bertz CT molecular complexity index is 518. The van der Waals surface area contributed by atoms with Crippen molar-refractivity contribution in [3.05, 3.63) is 35.6 Å². The van der Waals surface area contributed by atoms with E-state index in [9.17, 15) is 9.18 Å². The number of rotatable bonds is 3. The zero-order valence-corrected chi connectivity index (χ0v) is 12.5. The standard InChI is InChI=1S/C16H21FN2O2/c1-18(2)16(20)14-7-13-9-19(10-15(14)21-13)8-11-3-5-12(17)6-4-11/h3-6,13-15H,7-10H2,1-2H3/t13-,14+,15-/m0/s1. The van der Waals surface area contributed by atoms with Crippen LogP contribution >= 0.6 is 0 Å². The first kappa shape index (κ1) is 14.5. The second-order valence-corrected chi connectivity index (χ2v) is 6.19. The van der Waals surface area contributed by atoms with E-state index in [1.165, 1.54) is 12.1 Å². The third-order valence-corrected chi connectivity index (χ3v) is 4.31. The molecule has 0 spiro atoms. The van der Waals surface area contributed by atoms with Crippen LogP contribution in [0, 0.1) is 11.7 Å². The summed E-state index contributed by atoms with van der Waals surface area (Å²) < 4.78 is 18.9. The topological polar surface area (TPSA) is 32.8 Å². The number of morpholine rings is 1. The Morgan fingerprint density at radius 1 is 1.33 bits per heavy atom. The van der Waals surface area contributed by atoms with E-state index in [-0.39, 0.29) is 29.9 Å². The third-order valence-electron chi connectivity index (χ3n) is 4.31. The molecule has 1 aromatic rings. The first-order chi connectivity index (χ1) is 10.0. The summed E-state index contributed by atoms with van der Waals surface area (Å²) in [4.78, 5) is 16.1. The first-order valence-electron chi connectivity index (χ1n) is 7.36. The van der Waals surface area contributed by atoms with Crippen LogP contribution in [0.3, 0.4) is 0 Å². The van der Waals surface area contributed by atoms with E-state index in [4.69, 9.17) is 4.74 Å². The molecule has 0 aromatic heterocycles. The van der Waals surface area contributed by atoms with Crippen molar-refractivity contribution in [3.63, 3.8) is 0 Å². The van der Waals surface area contributed by atoms with Gasteiger partial charge in [-0.05, 0) is 24.1 Å². The molecule has 2 saturated heterocycles. The van der Waals surface area contributed by atoms with Gasteiger partial charge in [0.1, 0.15) is 5.82 Å². The van der Waals surface area contributed by atoms with Crippen LogP contribution in [0.2, 0.25) is 0 Å². The maximum atomic E-state index is 12.9. The second kappa shape index (κ2) is 5.73. The summed E-state index contributed by atoms with van der Waals surface area (Å²) in [5.41, 5.74) is 1.09. The average molecular weight is 292 g/mol. The minimum atomic E-state index is -0.211. The van der Waals surface area contributed by atoms with E-state index in [1.807, 2.05) is 12.1 Å². The molecule has 3 rings (SSSR count). The highest BCUT2D eigenvalue weighted by Crippen LogP contribution is 2.33. The number of carbonyl (C=O) groups excluding carboxylic acids is 1. The van der Waals surface area contributed by atoms with Crippen molar-refractivity contribution in [1.29, 1.82) is 0 Å². The lowest BCUT2D eigenvalue weighted by molar-refractivity contribution is -0.136. The molecule has 1 amide bonds. The Morgan fingerprint density at radius 3 is 2.71 bits per heavy atom. The van der Waals surface area contributed by atoms with Crippen molar-refractivity contribution in [3.8, 4) is 0 Å². The number of hydrogen-bond acceptors (Lipinski definition) is 3. The number of hydrogen-bond donors (Lipinski definition) is 0. The fourth-order valence-electron chi connectivity index (χ4n) is 3.31. The largest absolute Gasteiger partial charge is 0.371 e. The van der Waals surface area contributed by atoms with Gasteiger partial charge >= 0.3 is 0 Å². The van der Waals surface area contributed by atoms with E-state index in [0.717, 1.165) is 31.6 Å². The van der Waals surface area contributed by atoms with Gasteiger partial charge in [-0.25, -0.2) is 4.39 Å². The predicted octanol–water partition coefficient (Wildman–Crippen LogP) is 1.50. The second-order valence-electron chi connectivity index (χ2n) is 6.19. The molecule has 2 bridgehead atoms. The van der Waals surface area contributed by atoms with E-state index in [1.54, 1.807) is 19.0 Å². The molecule has 2 aliphatic rings. The molecule has 0 saturated carbocycles. The normalized spacial score (nSPS) is 28.6. The Labute approximate surface area is 124 Å². The molecule has 0 unspecified atom stereocenters. The summed E-state index contributed by atoms with van der Waals surface area (Å²) in [5.74, 6) is -0.0770. The summed E-state index contributed by atoms with van der Waals surface area (Å²) >= 11 is 0. The summed E-state index contributed by atoms with van der Waals surface area (Å²) in [6, 6.07) is 6.61. The number of nitrogens with zero attached hydrogens (tertiary/aromatic N) is 2. The van der Waals surface area contributed by atoms with Gasteiger partial charge in [-0.3, -0.25) is 9.69 Å². The van der Waals surface area contributed by atoms with Gasteiger partial charge in [0.15, 0.2) is 0 Å². The first-order valence-corrected chi connectivity index (χ1v) is 7.36. The highest BCUT2D eigenvalue weighted by Gasteiger charge is 2.44. The van der Waals surface area contributed by atoms with Crippen LogP contribution in [0.5, 0.6) is 0 Å². The van der Waals surface area contributed by atoms with Crippen LogP contribution in [0.25, 0.3) is 0 Å². The number of likely N-dealkylation sites (tertiary alicyclic amines) is 1. The molecule has 4 nitrogen and oxygen atoms in total. The lowest BCUT2D eigenvalue weighted by atomic mass is 9.99. The fraction of sp³-hybridized carbons (Fsp3) is 0.562. The molecule has 21 heavy (non-hydrogen) atoms. The molecule has 0 N–H and O–H groups in total. The third kappa shape index (κ3) is 3.09. The van der Waals surface area contributed by atoms with E-state index in [2.05, 4.69) is 4.90 Å². The molecule has 3 atom stereocenters. The molecular weight excluding hydrogens is 271 g/mol.